The van der Waals surface area contributed by atoms with Crippen molar-refractivity contribution in [1.82, 2.24) is 10.2 Å². The molecule has 0 aliphatic rings. The summed E-state index contributed by atoms with van der Waals surface area (Å²) in [5, 5.41) is 3.16. The lowest BCUT2D eigenvalue weighted by Gasteiger charge is -2.08. The zero-order chi connectivity index (χ0) is 17.6. The Hall–Kier alpha value is -0.160. The van der Waals surface area contributed by atoms with E-state index in [2.05, 4.69) is 24.3 Å². The molecule has 4 heteroatoms. The van der Waals surface area contributed by atoms with E-state index in [1.165, 1.54) is 90.1 Å². The van der Waals surface area contributed by atoms with E-state index in [-0.39, 0.29) is 0 Å². The van der Waals surface area contributed by atoms with Gasteiger partial charge in [0.15, 0.2) is 0 Å². The number of nitrogens with one attached hydrogen (secondary N) is 1. The number of hydrogen-bond acceptors (Lipinski definition) is 4. The third kappa shape index (κ3) is 30.3. The second-order valence-electron chi connectivity index (χ2n) is 6.73. The van der Waals surface area contributed by atoms with Gasteiger partial charge < -0.3 is 21.7 Å². The Morgan fingerprint density at radius 2 is 1.00 bits per heavy atom. The van der Waals surface area contributed by atoms with Crippen LogP contribution in [0.2, 0.25) is 0 Å². The summed E-state index contributed by atoms with van der Waals surface area (Å²) in [4.78, 5) is 2.25. The maximum Gasteiger partial charge on any atom is -0.00248 e. The molecule has 0 aromatic heterocycles. The van der Waals surface area contributed by atoms with Crippen molar-refractivity contribution in [2.24, 2.45) is 11.5 Å². The number of nitrogens with two attached hydrogens (primary N) is 2. The molecule has 0 aliphatic carbocycles. The molecule has 0 rings (SSSR count). The van der Waals surface area contributed by atoms with Gasteiger partial charge in [0, 0.05) is 0 Å². The van der Waals surface area contributed by atoms with Crippen molar-refractivity contribution in [3.05, 3.63) is 0 Å². The van der Waals surface area contributed by atoms with Crippen LogP contribution in [0.4, 0.5) is 0 Å². The summed E-state index contributed by atoms with van der Waals surface area (Å²) < 4.78 is 0. The largest absolute Gasteiger partial charge is 0.330 e. The van der Waals surface area contributed by atoms with Gasteiger partial charge in [0.2, 0.25) is 0 Å². The van der Waals surface area contributed by atoms with Gasteiger partial charge in [0.25, 0.3) is 0 Å². The van der Waals surface area contributed by atoms with Crippen LogP contribution in [0, 0.1) is 0 Å². The van der Waals surface area contributed by atoms with E-state index in [4.69, 9.17) is 11.5 Å². The number of rotatable bonds is 16. The second kappa shape index (κ2) is 24.1. The van der Waals surface area contributed by atoms with Crippen LogP contribution < -0.4 is 16.8 Å². The van der Waals surface area contributed by atoms with E-state index in [0.717, 1.165) is 13.1 Å². The average molecular weight is 331 g/mol. The molecule has 0 atom stereocenters. The molecule has 0 saturated carbocycles. The highest BCUT2D eigenvalue weighted by Gasteiger charge is 1.91. The molecule has 5 N–H and O–H groups in total. The average Bonchev–Trinajstić information content (AvgIpc) is 2.54. The molecule has 4 nitrogen and oxygen atoms in total. The lowest BCUT2D eigenvalue weighted by Crippen LogP contribution is -2.13. The molecule has 0 aliphatic heterocycles. The quantitative estimate of drug-likeness (QED) is 0.380. The molecule has 23 heavy (non-hydrogen) atoms. The number of unbranched alkanes of at least 4 members (excludes halogenated alkanes) is 10. The molecule has 0 fully saturated rings. The first-order valence-corrected chi connectivity index (χ1v) is 9.88. The van der Waals surface area contributed by atoms with Gasteiger partial charge >= 0.3 is 0 Å². The Morgan fingerprint density at radius 1 is 0.609 bits per heavy atom. The van der Waals surface area contributed by atoms with Gasteiger partial charge in [0.1, 0.15) is 0 Å². The highest BCUT2D eigenvalue weighted by atomic mass is 15.0. The third-order valence-corrected chi connectivity index (χ3v) is 3.94. The summed E-state index contributed by atoms with van der Waals surface area (Å²) in [6, 6.07) is 0. The maximum absolute atomic E-state index is 5.40. The summed E-state index contributed by atoms with van der Waals surface area (Å²) in [5.41, 5.74) is 10.8. The van der Waals surface area contributed by atoms with Crippen LogP contribution >= 0.6 is 0 Å². The van der Waals surface area contributed by atoms with E-state index in [1.807, 2.05) is 7.05 Å². The van der Waals surface area contributed by atoms with E-state index < -0.39 is 0 Å². The molecule has 0 saturated heterocycles. The zero-order valence-electron chi connectivity index (χ0n) is 16.4. The molecular formula is C19H46N4. The monoisotopic (exact) mass is 330 g/mol. The highest BCUT2D eigenvalue weighted by Crippen LogP contribution is 2.07. The fraction of sp³-hybridized carbons (Fsp3) is 1.00. The van der Waals surface area contributed by atoms with Crippen molar-refractivity contribution >= 4 is 0 Å². The van der Waals surface area contributed by atoms with Gasteiger partial charge in [-0.2, -0.15) is 0 Å². The number of hydrogen-bond donors (Lipinski definition) is 3. The summed E-state index contributed by atoms with van der Waals surface area (Å²) in [5.74, 6) is 0. The predicted octanol–water partition coefficient (Wildman–Crippen LogP) is 3.35. The third-order valence-electron chi connectivity index (χ3n) is 3.94. The minimum atomic E-state index is 0.854. The van der Waals surface area contributed by atoms with Gasteiger partial charge in [-0.25, -0.2) is 0 Å². The first-order valence-electron chi connectivity index (χ1n) is 9.88. The van der Waals surface area contributed by atoms with Crippen molar-refractivity contribution in [2.45, 2.75) is 77.0 Å². The van der Waals surface area contributed by atoms with Crippen LogP contribution in [-0.2, 0) is 0 Å². The van der Waals surface area contributed by atoms with Crippen LogP contribution in [0.25, 0.3) is 0 Å². The Bertz CT molecular complexity index is 176. The van der Waals surface area contributed by atoms with Crippen LogP contribution in [0.5, 0.6) is 0 Å². The molecule has 0 aromatic rings. The van der Waals surface area contributed by atoms with Gasteiger partial charge in [-0.3, -0.25) is 0 Å². The van der Waals surface area contributed by atoms with Crippen LogP contribution in [-0.4, -0.2) is 52.2 Å². The predicted molar refractivity (Wildman–Crippen MR) is 106 cm³/mol. The first kappa shape index (κ1) is 25.1. The molecule has 0 bridgehead atoms. The molecule has 0 amide bonds. The van der Waals surface area contributed by atoms with Crippen LogP contribution in [0.1, 0.15) is 77.0 Å². The molecular weight excluding hydrogens is 284 g/mol. The van der Waals surface area contributed by atoms with Crippen molar-refractivity contribution in [1.29, 1.82) is 0 Å². The normalized spacial score (nSPS) is 10.7. The van der Waals surface area contributed by atoms with E-state index >= 15 is 0 Å². The van der Waals surface area contributed by atoms with Crippen molar-refractivity contribution in [3.8, 4) is 0 Å². The standard InChI is InChI=1S/C10H24N2.C9H22N2/c11-9-7-5-3-1-2-4-6-8-10-12;1-10-8-6-4-5-7-9-11(2)3/h1-12H2;10H,4-9H2,1-3H3. The first-order chi connectivity index (χ1) is 11.2. The Labute approximate surface area is 146 Å². The van der Waals surface area contributed by atoms with Gasteiger partial charge in [-0.05, 0) is 73.0 Å². The van der Waals surface area contributed by atoms with Crippen molar-refractivity contribution in [2.75, 3.05) is 47.3 Å². The number of nitrogens with zero attached hydrogens (tertiary/aromatic N) is 1. The smallest absolute Gasteiger partial charge is 0.00248 e. The summed E-state index contributed by atoms with van der Waals surface area (Å²) in [6.07, 6.45) is 15.9. The van der Waals surface area contributed by atoms with Gasteiger partial charge in [0.05, 0.1) is 0 Å². The molecule has 0 unspecified atom stereocenters. The van der Waals surface area contributed by atoms with Crippen molar-refractivity contribution < 1.29 is 0 Å². The Morgan fingerprint density at radius 3 is 1.39 bits per heavy atom. The molecule has 142 valence electrons. The molecule has 0 aromatic carbocycles. The van der Waals surface area contributed by atoms with E-state index in [9.17, 15) is 0 Å². The van der Waals surface area contributed by atoms with Gasteiger partial charge in [-0.15, -0.1) is 0 Å². The fourth-order valence-electron chi connectivity index (χ4n) is 2.43. The van der Waals surface area contributed by atoms with Crippen LogP contribution in [0.15, 0.2) is 0 Å². The Balaban J connectivity index is 0. The summed E-state index contributed by atoms with van der Waals surface area (Å²) in [7, 11) is 6.28. The van der Waals surface area contributed by atoms with Crippen LogP contribution in [0.3, 0.4) is 0 Å². The lowest BCUT2D eigenvalue weighted by atomic mass is 10.1. The summed E-state index contributed by atoms with van der Waals surface area (Å²) in [6.45, 7) is 4.11. The fourth-order valence-corrected chi connectivity index (χ4v) is 2.43. The minimum Gasteiger partial charge on any atom is -0.330 e. The lowest BCUT2D eigenvalue weighted by molar-refractivity contribution is 0.390. The minimum absolute atomic E-state index is 0.854. The zero-order valence-corrected chi connectivity index (χ0v) is 16.4. The Kier molecular flexibility index (Phi) is 26.3. The second-order valence-corrected chi connectivity index (χ2v) is 6.73. The highest BCUT2D eigenvalue weighted by molar-refractivity contribution is 4.48. The topological polar surface area (TPSA) is 67.3 Å². The van der Waals surface area contributed by atoms with E-state index in [0.29, 0.717) is 0 Å². The SMILES string of the molecule is CNCCCCCCN(C)C.NCCCCCCCCCCN. The van der Waals surface area contributed by atoms with Crippen molar-refractivity contribution in [3.63, 3.8) is 0 Å². The molecule has 0 heterocycles. The maximum atomic E-state index is 5.40. The summed E-state index contributed by atoms with van der Waals surface area (Å²) >= 11 is 0. The van der Waals surface area contributed by atoms with Gasteiger partial charge in [-0.1, -0.05) is 51.4 Å². The molecule has 0 spiro atoms. The molecule has 0 radical (unpaired) electrons. The van der Waals surface area contributed by atoms with E-state index in [1.54, 1.807) is 0 Å².